The van der Waals surface area contributed by atoms with Gasteiger partial charge >= 0.3 is 0 Å². The van der Waals surface area contributed by atoms with Gasteiger partial charge in [-0.05, 0) is 74.5 Å². The predicted octanol–water partition coefficient (Wildman–Crippen LogP) is 4.46. The van der Waals surface area contributed by atoms with Crippen molar-refractivity contribution in [2.24, 2.45) is 5.73 Å². The summed E-state index contributed by atoms with van der Waals surface area (Å²) in [6.07, 6.45) is 0. The fourth-order valence-corrected chi connectivity index (χ4v) is 4.85. The van der Waals surface area contributed by atoms with E-state index < -0.39 is 17.8 Å². The molecule has 40 heavy (non-hydrogen) atoms. The van der Waals surface area contributed by atoms with Gasteiger partial charge in [-0.25, -0.2) is 9.37 Å². The van der Waals surface area contributed by atoms with Crippen molar-refractivity contribution in [1.82, 2.24) is 4.98 Å². The van der Waals surface area contributed by atoms with E-state index in [0.717, 1.165) is 22.6 Å². The van der Waals surface area contributed by atoms with Crippen LogP contribution >= 0.6 is 11.3 Å². The summed E-state index contributed by atoms with van der Waals surface area (Å²) in [5.41, 5.74) is 14.3. The van der Waals surface area contributed by atoms with Crippen molar-refractivity contribution in [1.29, 1.82) is 0 Å². The molecule has 0 fully saturated rings. The van der Waals surface area contributed by atoms with Crippen LogP contribution in [0.5, 0.6) is 5.75 Å². The van der Waals surface area contributed by atoms with Crippen molar-refractivity contribution in [3.05, 3.63) is 94.6 Å². The second-order valence-corrected chi connectivity index (χ2v) is 10.0. The highest BCUT2D eigenvalue weighted by atomic mass is 32.1. The number of primary amides is 1. The molecule has 1 aromatic heterocycles. The summed E-state index contributed by atoms with van der Waals surface area (Å²) >= 11 is 0.993. The molecule has 9 nitrogen and oxygen atoms in total. The molecule has 0 saturated carbocycles. The smallest absolute Gasteiger partial charge is 0.264 e. The molecule has 3 aromatic carbocycles. The van der Waals surface area contributed by atoms with Gasteiger partial charge in [-0.3, -0.25) is 14.4 Å². The maximum Gasteiger partial charge on any atom is 0.264 e. The van der Waals surface area contributed by atoms with Crippen LogP contribution in [0.2, 0.25) is 0 Å². The molecule has 0 bridgehead atoms. The van der Waals surface area contributed by atoms with Crippen molar-refractivity contribution >= 4 is 51.3 Å². The van der Waals surface area contributed by atoms with Crippen LogP contribution in [0.25, 0.3) is 0 Å². The molecule has 0 radical (unpaired) electrons. The minimum Gasteiger partial charge on any atom is -0.484 e. The number of benzene rings is 3. The van der Waals surface area contributed by atoms with E-state index in [-0.39, 0.29) is 34.1 Å². The zero-order chi connectivity index (χ0) is 29.0. The van der Waals surface area contributed by atoms with E-state index in [1.165, 1.54) is 34.1 Å². The Balaban J connectivity index is 1.47. The van der Waals surface area contributed by atoms with E-state index >= 15 is 0 Å². The van der Waals surface area contributed by atoms with Crippen LogP contribution in [-0.2, 0) is 9.59 Å². The van der Waals surface area contributed by atoms with Gasteiger partial charge in [0.1, 0.15) is 28.3 Å². The number of carbonyl (C=O) groups excluding carboxylic acids is 3. The number of anilines is 4. The summed E-state index contributed by atoms with van der Waals surface area (Å²) in [6.45, 7) is 3.37. The minimum absolute atomic E-state index is 0.0150. The summed E-state index contributed by atoms with van der Waals surface area (Å²) in [5.74, 6) is -1.29. The Labute approximate surface area is 234 Å². The number of aromatic nitrogens is 1. The highest BCUT2D eigenvalue weighted by molar-refractivity contribution is 7.18. The number of ketones is 1. The van der Waals surface area contributed by atoms with E-state index in [1.807, 2.05) is 31.2 Å². The van der Waals surface area contributed by atoms with Crippen LogP contribution < -0.4 is 26.0 Å². The Morgan fingerprint density at radius 2 is 1.57 bits per heavy atom. The Hall–Kier alpha value is -4.77. The first-order valence-corrected chi connectivity index (χ1v) is 13.1. The monoisotopic (exact) mass is 561 g/mol. The van der Waals surface area contributed by atoms with Crippen LogP contribution in [-0.4, -0.2) is 42.3 Å². The van der Waals surface area contributed by atoms with Gasteiger partial charge in [-0.2, -0.15) is 0 Å². The lowest BCUT2D eigenvalue weighted by atomic mass is 10.1. The minimum atomic E-state index is -0.844. The molecule has 4 N–H and O–H groups in total. The lowest BCUT2D eigenvalue weighted by Crippen LogP contribution is -2.39. The van der Waals surface area contributed by atoms with Gasteiger partial charge in [0.2, 0.25) is 11.7 Å². The van der Waals surface area contributed by atoms with Crippen molar-refractivity contribution in [3.63, 3.8) is 0 Å². The van der Waals surface area contributed by atoms with Crippen molar-refractivity contribution < 1.29 is 23.5 Å². The lowest BCUT2D eigenvalue weighted by molar-refractivity contribution is -0.120. The maximum absolute atomic E-state index is 13.5. The maximum atomic E-state index is 13.5. The van der Waals surface area contributed by atoms with Crippen LogP contribution in [0.4, 0.5) is 26.7 Å². The van der Waals surface area contributed by atoms with Crippen LogP contribution in [0.15, 0.2) is 72.8 Å². The molecule has 0 aliphatic heterocycles. The molecule has 1 atom stereocenters. The topological polar surface area (TPSA) is 132 Å². The number of hydrogen-bond donors (Lipinski definition) is 2. The molecule has 1 heterocycles. The number of hydrogen-bond acceptors (Lipinski definition) is 8. The van der Waals surface area contributed by atoms with Crippen LogP contribution in [0.1, 0.15) is 27.7 Å². The molecule has 4 aromatic rings. The Kier molecular flexibility index (Phi) is 8.44. The fraction of sp³-hybridized carbons (Fsp3) is 0.172. The second kappa shape index (κ2) is 12.0. The summed E-state index contributed by atoms with van der Waals surface area (Å²) < 4.78 is 19.1. The van der Waals surface area contributed by atoms with Gasteiger partial charge in [-0.15, -0.1) is 0 Å². The quantitative estimate of drug-likeness (QED) is 0.273. The van der Waals surface area contributed by atoms with E-state index in [4.69, 9.17) is 16.2 Å². The largest absolute Gasteiger partial charge is 0.484 e. The third kappa shape index (κ3) is 6.26. The molecule has 0 saturated heterocycles. The van der Waals surface area contributed by atoms with Crippen LogP contribution in [0, 0.1) is 12.7 Å². The van der Waals surface area contributed by atoms with Crippen molar-refractivity contribution in [2.45, 2.75) is 19.9 Å². The molecule has 1 unspecified atom stereocenters. The average molecular weight is 562 g/mol. The first-order chi connectivity index (χ1) is 19.0. The standard InChI is InChI=1S/C29H28FN5O4S/c1-17-4-10-21(11-5-17)34(3)24(36)16-39-23-14-6-19(7-15-23)25(37)26-27(31)33-29(40-26)35(18(2)28(32)38)22-12-8-20(30)9-13-22/h4-15,18H,16,31H2,1-3H3,(H2,32,38). The van der Waals surface area contributed by atoms with Gasteiger partial charge in [0.05, 0.1) is 0 Å². The molecule has 0 aliphatic rings. The number of halogens is 1. The Morgan fingerprint density at radius 3 is 2.17 bits per heavy atom. The molecule has 0 aliphatic carbocycles. The third-order valence-electron chi connectivity index (χ3n) is 6.23. The van der Waals surface area contributed by atoms with E-state index in [0.29, 0.717) is 17.0 Å². The molecular weight excluding hydrogens is 533 g/mol. The van der Waals surface area contributed by atoms with E-state index in [9.17, 15) is 18.8 Å². The zero-order valence-corrected chi connectivity index (χ0v) is 22.9. The molecule has 0 spiro atoms. The van der Waals surface area contributed by atoms with Crippen LogP contribution in [0.3, 0.4) is 0 Å². The number of amides is 2. The highest BCUT2D eigenvalue weighted by Crippen LogP contribution is 2.36. The van der Waals surface area contributed by atoms with Gasteiger partial charge < -0.3 is 26.0 Å². The summed E-state index contributed by atoms with van der Waals surface area (Å²) in [4.78, 5) is 45.3. The number of thiazole rings is 1. The number of aryl methyl sites for hydroxylation is 1. The van der Waals surface area contributed by atoms with Gasteiger partial charge in [0.25, 0.3) is 5.91 Å². The van der Waals surface area contributed by atoms with E-state index in [2.05, 4.69) is 4.98 Å². The number of rotatable bonds is 10. The van der Waals surface area contributed by atoms with Crippen molar-refractivity contribution in [3.8, 4) is 5.75 Å². The van der Waals surface area contributed by atoms with Crippen molar-refractivity contribution in [2.75, 3.05) is 29.2 Å². The molecular formula is C29H28FN5O4S. The number of nitrogens with two attached hydrogens (primary N) is 2. The molecule has 4 rings (SSSR count). The summed E-state index contributed by atoms with van der Waals surface area (Å²) in [5, 5.41) is 0.259. The number of nitrogen functional groups attached to an aromatic ring is 1. The normalized spacial score (nSPS) is 11.5. The number of carbonyl (C=O) groups is 3. The SMILES string of the molecule is Cc1ccc(N(C)C(=O)COc2ccc(C(=O)c3sc(N(c4ccc(F)cc4)C(C)C(N)=O)nc3N)cc2)cc1. The summed E-state index contributed by atoms with van der Waals surface area (Å²) in [7, 11) is 1.67. The molecule has 11 heteroatoms. The Bertz CT molecular complexity index is 1520. The molecule has 2 amide bonds. The average Bonchev–Trinajstić information content (AvgIpc) is 3.33. The number of likely N-dealkylation sites (N-methyl/N-ethyl adjacent to an activating group) is 1. The van der Waals surface area contributed by atoms with Gasteiger partial charge in [0.15, 0.2) is 11.7 Å². The number of nitrogens with zero attached hydrogens (tertiary/aromatic N) is 3. The number of ether oxygens (including phenoxy) is 1. The zero-order valence-electron chi connectivity index (χ0n) is 22.1. The van der Waals surface area contributed by atoms with Gasteiger partial charge in [0, 0.05) is 24.0 Å². The summed E-state index contributed by atoms with van der Waals surface area (Å²) in [6, 6.07) is 18.5. The fourth-order valence-electron chi connectivity index (χ4n) is 3.80. The van der Waals surface area contributed by atoms with Gasteiger partial charge in [-0.1, -0.05) is 29.0 Å². The lowest BCUT2D eigenvalue weighted by Gasteiger charge is -2.26. The highest BCUT2D eigenvalue weighted by Gasteiger charge is 2.27. The third-order valence-corrected chi connectivity index (χ3v) is 7.30. The molecule has 206 valence electrons. The first kappa shape index (κ1) is 28.2. The first-order valence-electron chi connectivity index (χ1n) is 12.3. The predicted molar refractivity (Wildman–Crippen MR) is 154 cm³/mol. The van der Waals surface area contributed by atoms with E-state index in [1.54, 1.807) is 38.2 Å². The second-order valence-electron chi connectivity index (χ2n) is 9.07. The Morgan fingerprint density at radius 1 is 0.975 bits per heavy atom.